The Balaban J connectivity index is 1.62. The zero-order chi connectivity index (χ0) is 21.7. The lowest BCUT2D eigenvalue weighted by atomic mass is 9.78. The first-order valence-corrected chi connectivity index (χ1v) is 9.96. The summed E-state index contributed by atoms with van der Waals surface area (Å²) in [7, 11) is 1.46. The van der Waals surface area contributed by atoms with Crippen LogP contribution in [0.4, 0.5) is 27.8 Å². The van der Waals surface area contributed by atoms with Gasteiger partial charge in [0.25, 0.3) is 0 Å². The molecule has 0 saturated heterocycles. The van der Waals surface area contributed by atoms with E-state index in [9.17, 15) is 18.0 Å². The number of halogens is 5. The van der Waals surface area contributed by atoms with Gasteiger partial charge in [0.2, 0.25) is 11.8 Å². The zero-order valence-electron chi connectivity index (χ0n) is 16.4. The predicted octanol–water partition coefficient (Wildman–Crippen LogP) is 5.34. The summed E-state index contributed by atoms with van der Waals surface area (Å²) in [6, 6.07) is 3.96. The van der Waals surface area contributed by atoms with Crippen LogP contribution in [0.1, 0.15) is 61.3 Å². The van der Waals surface area contributed by atoms with Crippen LogP contribution in [-0.4, -0.2) is 21.6 Å². The molecule has 2 fully saturated rings. The van der Waals surface area contributed by atoms with Crippen molar-refractivity contribution in [1.82, 2.24) is 9.78 Å². The summed E-state index contributed by atoms with van der Waals surface area (Å²) in [6.07, 6.45) is 1.50. The quantitative estimate of drug-likeness (QED) is 0.633. The molecule has 0 bridgehead atoms. The van der Waals surface area contributed by atoms with Crippen LogP contribution < -0.4 is 5.32 Å². The third-order valence-electron chi connectivity index (χ3n) is 6.01. The van der Waals surface area contributed by atoms with E-state index in [0.717, 1.165) is 30.7 Å². The maximum Gasteiger partial charge on any atom is 0.317 e. The number of carbonyl (C=O) groups is 1. The monoisotopic (exact) mass is 427 g/mol. The van der Waals surface area contributed by atoms with Gasteiger partial charge in [-0.25, -0.2) is 13.2 Å². The van der Waals surface area contributed by atoms with Crippen LogP contribution in [0.15, 0.2) is 24.3 Å². The summed E-state index contributed by atoms with van der Waals surface area (Å²) in [4.78, 5) is 12.4. The van der Waals surface area contributed by atoms with Crippen molar-refractivity contribution in [3.63, 3.8) is 0 Å². The maximum absolute atomic E-state index is 15.3. The maximum atomic E-state index is 15.3. The minimum absolute atomic E-state index is 0.0887. The molecule has 1 heterocycles. The number of aromatic nitrogens is 2. The molecule has 1 amide bonds. The molecule has 0 aliphatic heterocycles. The standard InChI is InChI=1S/C21H22F5N3O/c1-29-19(27-16(30)9-12-10-20(23,24)11-12)17(13-3-2-4-13)18(28-29)21(25,26)14-5-7-15(22)8-6-14/h5-8,12-13H,2-4,9-11H2,1H3,(H,27,30). The number of rotatable bonds is 6. The van der Waals surface area contributed by atoms with Crippen LogP contribution in [-0.2, 0) is 17.8 Å². The van der Waals surface area contributed by atoms with Crippen molar-refractivity contribution >= 4 is 11.7 Å². The molecule has 30 heavy (non-hydrogen) atoms. The molecule has 2 aromatic rings. The molecular formula is C21H22F5N3O. The number of aryl methyl sites for hydroxylation is 1. The highest BCUT2D eigenvalue weighted by Crippen LogP contribution is 2.48. The lowest BCUT2D eigenvalue weighted by Crippen LogP contribution is -2.37. The van der Waals surface area contributed by atoms with Crippen LogP contribution in [0.25, 0.3) is 0 Å². The molecule has 4 rings (SSSR count). The zero-order valence-corrected chi connectivity index (χ0v) is 16.4. The third kappa shape index (κ3) is 3.81. The van der Waals surface area contributed by atoms with Gasteiger partial charge in [-0.15, -0.1) is 0 Å². The number of benzene rings is 1. The third-order valence-corrected chi connectivity index (χ3v) is 6.01. The van der Waals surface area contributed by atoms with Crippen LogP contribution >= 0.6 is 0 Å². The van der Waals surface area contributed by atoms with E-state index in [-0.39, 0.29) is 36.6 Å². The Morgan fingerprint density at radius 2 is 1.87 bits per heavy atom. The summed E-state index contributed by atoms with van der Waals surface area (Å²) in [5.41, 5.74) is -0.589. The molecule has 4 nitrogen and oxygen atoms in total. The summed E-state index contributed by atoms with van der Waals surface area (Å²) >= 11 is 0. The lowest BCUT2D eigenvalue weighted by molar-refractivity contribution is -0.129. The van der Waals surface area contributed by atoms with E-state index in [4.69, 9.17) is 0 Å². The fourth-order valence-electron chi connectivity index (χ4n) is 4.17. The Morgan fingerprint density at radius 3 is 2.40 bits per heavy atom. The minimum Gasteiger partial charge on any atom is -0.311 e. The molecule has 0 spiro atoms. The van der Waals surface area contributed by atoms with E-state index in [2.05, 4.69) is 10.4 Å². The molecule has 9 heteroatoms. The normalized spacial score (nSPS) is 19.3. The SMILES string of the molecule is Cn1nc(C(F)(F)c2ccc(F)cc2)c(C2CCC2)c1NC(=O)CC1CC(F)(F)C1. The Bertz CT molecular complexity index is 942. The fourth-order valence-corrected chi connectivity index (χ4v) is 4.17. The van der Waals surface area contributed by atoms with Crippen molar-refractivity contribution in [3.05, 3.63) is 46.9 Å². The number of hydrogen-bond acceptors (Lipinski definition) is 2. The van der Waals surface area contributed by atoms with Crippen LogP contribution in [0.5, 0.6) is 0 Å². The lowest BCUT2D eigenvalue weighted by Gasteiger charge is -2.34. The molecule has 1 N–H and O–H groups in total. The molecule has 162 valence electrons. The second-order valence-corrected chi connectivity index (χ2v) is 8.33. The van der Waals surface area contributed by atoms with Crippen molar-refractivity contribution in [1.29, 1.82) is 0 Å². The Labute approximate surface area is 170 Å². The van der Waals surface area contributed by atoms with E-state index in [1.165, 1.54) is 11.7 Å². The first-order chi connectivity index (χ1) is 14.1. The largest absolute Gasteiger partial charge is 0.317 e. The van der Waals surface area contributed by atoms with Gasteiger partial charge in [0, 0.05) is 37.4 Å². The van der Waals surface area contributed by atoms with Gasteiger partial charge in [-0.3, -0.25) is 9.48 Å². The van der Waals surface area contributed by atoms with Crippen molar-refractivity contribution in [2.45, 2.75) is 56.3 Å². The summed E-state index contributed by atoms with van der Waals surface area (Å²) in [5, 5.41) is 6.64. The number of hydrogen-bond donors (Lipinski definition) is 1. The van der Waals surface area contributed by atoms with Crippen LogP contribution in [0.3, 0.4) is 0 Å². The van der Waals surface area contributed by atoms with Crippen molar-refractivity contribution in [2.75, 3.05) is 5.32 Å². The second-order valence-electron chi connectivity index (χ2n) is 8.33. The van der Waals surface area contributed by atoms with Crippen molar-refractivity contribution in [2.24, 2.45) is 13.0 Å². The first kappa shape index (κ1) is 20.8. The first-order valence-electron chi connectivity index (χ1n) is 9.96. The fraction of sp³-hybridized carbons (Fsp3) is 0.524. The smallest absolute Gasteiger partial charge is 0.311 e. The minimum atomic E-state index is -3.48. The second kappa shape index (κ2) is 7.35. The number of nitrogens with zero attached hydrogens (tertiary/aromatic N) is 2. The highest BCUT2D eigenvalue weighted by Gasteiger charge is 2.46. The molecule has 1 aromatic heterocycles. The van der Waals surface area contributed by atoms with Gasteiger partial charge in [-0.1, -0.05) is 6.42 Å². The molecule has 0 radical (unpaired) electrons. The highest BCUT2D eigenvalue weighted by molar-refractivity contribution is 5.91. The average molecular weight is 427 g/mol. The van der Waals surface area contributed by atoms with E-state index in [1.807, 2.05) is 0 Å². The van der Waals surface area contributed by atoms with Gasteiger partial charge < -0.3 is 5.32 Å². The van der Waals surface area contributed by atoms with E-state index in [0.29, 0.717) is 12.8 Å². The number of amides is 1. The number of carbonyl (C=O) groups excluding carboxylic acids is 1. The van der Waals surface area contributed by atoms with Crippen LogP contribution in [0, 0.1) is 11.7 Å². The average Bonchev–Trinajstić information content (AvgIpc) is 2.90. The summed E-state index contributed by atoms with van der Waals surface area (Å²) in [5.74, 6) is -7.73. The number of anilines is 1. The number of alkyl halides is 4. The molecular weight excluding hydrogens is 405 g/mol. The molecule has 2 aliphatic rings. The van der Waals surface area contributed by atoms with Crippen molar-refractivity contribution in [3.8, 4) is 0 Å². The van der Waals surface area contributed by atoms with Gasteiger partial charge in [0.15, 0.2) is 0 Å². The Morgan fingerprint density at radius 1 is 1.23 bits per heavy atom. The van der Waals surface area contributed by atoms with Gasteiger partial charge in [-0.05, 0) is 48.9 Å². The number of nitrogens with one attached hydrogen (secondary N) is 1. The molecule has 0 atom stereocenters. The topological polar surface area (TPSA) is 46.9 Å². The van der Waals surface area contributed by atoms with E-state index >= 15 is 8.78 Å². The van der Waals surface area contributed by atoms with E-state index < -0.39 is 40.7 Å². The van der Waals surface area contributed by atoms with Gasteiger partial charge in [0.1, 0.15) is 17.3 Å². The summed E-state index contributed by atoms with van der Waals surface area (Å²) < 4.78 is 71.0. The Kier molecular flexibility index (Phi) is 5.10. The predicted molar refractivity (Wildman–Crippen MR) is 100 cm³/mol. The Hall–Kier alpha value is -2.45. The summed E-state index contributed by atoms with van der Waals surface area (Å²) in [6.45, 7) is 0. The van der Waals surface area contributed by atoms with Gasteiger partial charge in [-0.2, -0.15) is 13.9 Å². The molecule has 0 unspecified atom stereocenters. The molecule has 1 aromatic carbocycles. The van der Waals surface area contributed by atoms with Gasteiger partial charge >= 0.3 is 5.92 Å². The van der Waals surface area contributed by atoms with Crippen LogP contribution in [0.2, 0.25) is 0 Å². The van der Waals surface area contributed by atoms with E-state index in [1.54, 1.807) is 0 Å². The van der Waals surface area contributed by atoms with Crippen molar-refractivity contribution < 1.29 is 26.7 Å². The molecule has 2 saturated carbocycles. The molecule has 2 aliphatic carbocycles. The highest BCUT2D eigenvalue weighted by atomic mass is 19.3. The van der Waals surface area contributed by atoms with Gasteiger partial charge in [0.05, 0.1) is 0 Å².